The summed E-state index contributed by atoms with van der Waals surface area (Å²) < 4.78 is 39.4. The number of thioether (sulfide) groups is 1. The normalized spacial score (nSPS) is 11.5. The Kier molecular flexibility index (Phi) is 5.04. The second-order valence-corrected chi connectivity index (χ2v) is 6.38. The average Bonchev–Trinajstić information content (AvgIpc) is 2.74. The van der Waals surface area contributed by atoms with Crippen LogP contribution in [0.1, 0.15) is 18.1 Å². The summed E-state index contributed by atoms with van der Waals surface area (Å²) in [5.74, 6) is 0.603. The number of hydrogen-bond donors (Lipinski definition) is 1. The van der Waals surface area contributed by atoms with Gasteiger partial charge in [0, 0.05) is 0 Å². The standard InChI is InChI=1S/C13H9Cl2F3N4S/c1-2-23-12-7(5-19)11(20)22(21-12)10-8(14)3-6(4-9(10)15)13(16,17)18/h3-4H,2,20H2,1H3. The van der Waals surface area contributed by atoms with Gasteiger partial charge in [-0.1, -0.05) is 30.1 Å². The second kappa shape index (κ2) is 6.51. The van der Waals surface area contributed by atoms with E-state index in [1.807, 2.05) is 13.0 Å². The van der Waals surface area contributed by atoms with Gasteiger partial charge in [0.25, 0.3) is 0 Å². The summed E-state index contributed by atoms with van der Waals surface area (Å²) in [6.07, 6.45) is -4.58. The highest BCUT2D eigenvalue weighted by molar-refractivity contribution is 7.99. The van der Waals surface area contributed by atoms with Gasteiger partial charge in [-0.2, -0.15) is 23.5 Å². The van der Waals surface area contributed by atoms with Gasteiger partial charge < -0.3 is 5.73 Å². The van der Waals surface area contributed by atoms with Gasteiger partial charge in [0.2, 0.25) is 0 Å². The fourth-order valence-electron chi connectivity index (χ4n) is 1.85. The van der Waals surface area contributed by atoms with Crippen LogP contribution in [-0.2, 0) is 6.18 Å². The van der Waals surface area contributed by atoms with Crippen molar-refractivity contribution in [2.45, 2.75) is 18.1 Å². The molecule has 0 aliphatic heterocycles. The third kappa shape index (κ3) is 3.37. The number of alkyl halides is 3. The third-order valence-electron chi connectivity index (χ3n) is 2.84. The van der Waals surface area contributed by atoms with Crippen molar-refractivity contribution in [2.75, 3.05) is 11.5 Å². The first kappa shape index (κ1) is 17.8. The van der Waals surface area contributed by atoms with E-state index in [-0.39, 0.29) is 27.1 Å². The van der Waals surface area contributed by atoms with Gasteiger partial charge in [0.05, 0.1) is 15.6 Å². The van der Waals surface area contributed by atoms with Crippen LogP contribution in [0.5, 0.6) is 0 Å². The molecule has 23 heavy (non-hydrogen) atoms. The summed E-state index contributed by atoms with van der Waals surface area (Å²) >= 11 is 13.2. The van der Waals surface area contributed by atoms with Crippen molar-refractivity contribution in [2.24, 2.45) is 0 Å². The summed E-state index contributed by atoms with van der Waals surface area (Å²) in [6.45, 7) is 1.86. The Hall–Kier alpha value is -1.56. The van der Waals surface area contributed by atoms with Gasteiger partial charge in [-0.05, 0) is 17.9 Å². The van der Waals surface area contributed by atoms with Crippen molar-refractivity contribution in [3.63, 3.8) is 0 Å². The van der Waals surface area contributed by atoms with Crippen molar-refractivity contribution in [1.29, 1.82) is 5.26 Å². The molecule has 0 spiro atoms. The van der Waals surface area contributed by atoms with E-state index in [4.69, 9.17) is 34.2 Å². The minimum atomic E-state index is -4.58. The lowest BCUT2D eigenvalue weighted by atomic mass is 10.2. The molecule has 0 fully saturated rings. The van der Waals surface area contributed by atoms with E-state index in [1.54, 1.807) is 0 Å². The van der Waals surface area contributed by atoms with Gasteiger partial charge >= 0.3 is 6.18 Å². The third-order valence-corrected chi connectivity index (χ3v) is 4.26. The lowest BCUT2D eigenvalue weighted by Gasteiger charge is -2.13. The maximum Gasteiger partial charge on any atom is 0.416 e. The molecule has 0 unspecified atom stereocenters. The van der Waals surface area contributed by atoms with Gasteiger partial charge in [0.15, 0.2) is 0 Å². The molecule has 122 valence electrons. The molecule has 0 amide bonds. The summed E-state index contributed by atoms with van der Waals surface area (Å²) in [4.78, 5) is 0. The molecule has 0 bridgehead atoms. The smallest absolute Gasteiger partial charge is 0.382 e. The molecule has 10 heteroatoms. The summed E-state index contributed by atoms with van der Waals surface area (Å²) in [6, 6.07) is 3.40. The first-order valence-corrected chi connectivity index (χ1v) is 7.92. The highest BCUT2D eigenvalue weighted by Crippen LogP contribution is 2.39. The number of hydrogen-bond acceptors (Lipinski definition) is 4. The number of nitrogens with zero attached hydrogens (tertiary/aromatic N) is 3. The molecule has 0 saturated carbocycles. The minimum Gasteiger partial charge on any atom is -0.382 e. The van der Waals surface area contributed by atoms with Crippen molar-refractivity contribution in [3.8, 4) is 11.8 Å². The summed E-state index contributed by atoms with van der Waals surface area (Å²) in [5.41, 5.74) is 5.01. The molecular formula is C13H9Cl2F3N4S. The van der Waals surface area contributed by atoms with Gasteiger partial charge in [-0.15, -0.1) is 11.8 Å². The van der Waals surface area contributed by atoms with Gasteiger partial charge in [-0.25, -0.2) is 4.68 Å². The summed E-state index contributed by atoms with van der Waals surface area (Å²) in [7, 11) is 0. The fraction of sp³-hybridized carbons (Fsp3) is 0.231. The molecule has 0 atom stereocenters. The lowest BCUT2D eigenvalue weighted by molar-refractivity contribution is -0.137. The number of nitrogen functional groups attached to an aromatic ring is 1. The highest BCUT2D eigenvalue weighted by atomic mass is 35.5. The second-order valence-electron chi connectivity index (χ2n) is 4.31. The fourth-order valence-corrected chi connectivity index (χ4v) is 3.21. The Morgan fingerprint density at radius 3 is 2.35 bits per heavy atom. The Morgan fingerprint density at radius 1 is 1.35 bits per heavy atom. The van der Waals surface area contributed by atoms with E-state index in [9.17, 15) is 13.2 Å². The largest absolute Gasteiger partial charge is 0.416 e. The lowest BCUT2D eigenvalue weighted by Crippen LogP contribution is -2.08. The van der Waals surface area contributed by atoms with Crippen LogP contribution in [-0.4, -0.2) is 15.5 Å². The van der Waals surface area contributed by atoms with Crippen LogP contribution >= 0.6 is 35.0 Å². The van der Waals surface area contributed by atoms with Crippen LogP contribution in [0, 0.1) is 11.3 Å². The topological polar surface area (TPSA) is 67.6 Å². The molecule has 2 N–H and O–H groups in total. The van der Waals surface area contributed by atoms with Crippen LogP contribution in [0.2, 0.25) is 10.0 Å². The molecular weight excluding hydrogens is 372 g/mol. The molecule has 0 saturated heterocycles. The number of halogens is 5. The molecule has 0 aliphatic rings. The number of nitrogens with two attached hydrogens (primary N) is 1. The quantitative estimate of drug-likeness (QED) is 0.779. The van der Waals surface area contributed by atoms with Crippen LogP contribution in [0.3, 0.4) is 0 Å². The highest BCUT2D eigenvalue weighted by Gasteiger charge is 2.32. The molecule has 1 aromatic heterocycles. The molecule has 2 aromatic rings. The molecule has 1 aromatic carbocycles. The first-order valence-electron chi connectivity index (χ1n) is 6.18. The monoisotopic (exact) mass is 380 g/mol. The number of anilines is 1. The van der Waals surface area contributed by atoms with Gasteiger partial charge in [0.1, 0.15) is 28.2 Å². The van der Waals surface area contributed by atoms with E-state index in [0.29, 0.717) is 10.8 Å². The predicted octanol–water partition coefficient (Wildman–Crippen LogP) is 4.76. The number of aromatic nitrogens is 2. The molecule has 0 aliphatic carbocycles. The molecule has 0 radical (unpaired) electrons. The van der Waals surface area contributed by atoms with Crippen molar-refractivity contribution in [3.05, 3.63) is 33.3 Å². The van der Waals surface area contributed by atoms with Crippen LogP contribution < -0.4 is 5.73 Å². The van der Waals surface area contributed by atoms with Gasteiger partial charge in [-0.3, -0.25) is 0 Å². The van der Waals surface area contributed by atoms with Crippen molar-refractivity contribution >= 4 is 40.8 Å². The Balaban J connectivity index is 2.67. The van der Waals surface area contributed by atoms with E-state index in [0.717, 1.165) is 16.8 Å². The zero-order chi connectivity index (χ0) is 17.4. The Morgan fingerprint density at radius 2 is 1.91 bits per heavy atom. The maximum atomic E-state index is 12.8. The number of benzene rings is 1. The SMILES string of the molecule is CCSc1nn(-c2c(Cl)cc(C(F)(F)F)cc2Cl)c(N)c1C#N. The number of rotatable bonds is 3. The predicted molar refractivity (Wildman–Crippen MR) is 84.1 cm³/mol. The minimum absolute atomic E-state index is 0.00159. The van der Waals surface area contributed by atoms with E-state index in [2.05, 4.69) is 5.10 Å². The first-order chi connectivity index (χ1) is 10.7. The van der Waals surface area contributed by atoms with E-state index < -0.39 is 11.7 Å². The number of nitriles is 1. The van der Waals surface area contributed by atoms with E-state index >= 15 is 0 Å². The zero-order valence-corrected chi connectivity index (χ0v) is 13.9. The Bertz CT molecular complexity index is 773. The average molecular weight is 381 g/mol. The van der Waals surface area contributed by atoms with Crippen LogP contribution in [0.25, 0.3) is 5.69 Å². The molecule has 4 nitrogen and oxygen atoms in total. The van der Waals surface area contributed by atoms with Crippen molar-refractivity contribution in [1.82, 2.24) is 9.78 Å². The zero-order valence-electron chi connectivity index (χ0n) is 11.6. The molecule has 1 heterocycles. The Labute approximate surface area is 144 Å². The van der Waals surface area contributed by atoms with Crippen LogP contribution in [0.15, 0.2) is 17.2 Å². The van der Waals surface area contributed by atoms with E-state index in [1.165, 1.54) is 11.8 Å². The molecule has 2 rings (SSSR count). The maximum absolute atomic E-state index is 12.8. The van der Waals surface area contributed by atoms with Crippen molar-refractivity contribution < 1.29 is 13.2 Å². The summed E-state index contributed by atoms with van der Waals surface area (Å²) in [5, 5.41) is 13.1. The van der Waals surface area contributed by atoms with Crippen LogP contribution in [0.4, 0.5) is 19.0 Å².